The minimum atomic E-state index is -0.866. The first-order valence-electron chi connectivity index (χ1n) is 15.2. The molecule has 0 saturated carbocycles. The van der Waals surface area contributed by atoms with Crippen LogP contribution in [0.3, 0.4) is 0 Å². The molecule has 11 heteroatoms. The van der Waals surface area contributed by atoms with Gasteiger partial charge in [0, 0.05) is 34.2 Å². The lowest BCUT2D eigenvalue weighted by atomic mass is 9.90. The Morgan fingerprint density at radius 3 is 2.28 bits per heavy atom. The van der Waals surface area contributed by atoms with E-state index in [0.29, 0.717) is 13.0 Å². The predicted molar refractivity (Wildman–Crippen MR) is 164 cm³/mol. The van der Waals surface area contributed by atoms with Crippen molar-refractivity contribution in [1.82, 2.24) is 15.1 Å². The molecule has 1 heterocycles. The number of hydrogen-bond donors (Lipinski definition) is 2. The fourth-order valence-electron chi connectivity index (χ4n) is 6.07. The van der Waals surface area contributed by atoms with Gasteiger partial charge in [-0.05, 0) is 31.2 Å². The van der Waals surface area contributed by atoms with E-state index in [1.807, 2.05) is 45.0 Å². The summed E-state index contributed by atoms with van der Waals surface area (Å²) in [5.41, 5.74) is 7.62. The molecule has 43 heavy (non-hydrogen) atoms. The monoisotopic (exact) mass is 604 g/mol. The predicted octanol–water partition coefficient (Wildman–Crippen LogP) is 2.07. The van der Waals surface area contributed by atoms with Crippen molar-refractivity contribution < 1.29 is 33.4 Å². The molecule has 11 nitrogen and oxygen atoms in total. The maximum atomic E-state index is 13.7. The number of amides is 3. The highest BCUT2D eigenvalue weighted by Crippen LogP contribution is 2.29. The molecule has 3 N–H and O–H groups in total. The Balaban J connectivity index is 2.19. The molecule has 3 amide bonds. The Morgan fingerprint density at radius 2 is 1.74 bits per heavy atom. The molecule has 1 fully saturated rings. The number of carbonyl (C=O) groups excluding carboxylic acids is 4. The van der Waals surface area contributed by atoms with Crippen molar-refractivity contribution in [3.63, 3.8) is 0 Å². The second-order valence-electron chi connectivity index (χ2n) is 11.6. The lowest BCUT2D eigenvalue weighted by Gasteiger charge is -2.39. The van der Waals surface area contributed by atoms with E-state index in [1.165, 1.54) is 14.2 Å². The van der Waals surface area contributed by atoms with Crippen LogP contribution >= 0.6 is 0 Å². The van der Waals surface area contributed by atoms with Crippen LogP contribution in [0.2, 0.25) is 0 Å². The summed E-state index contributed by atoms with van der Waals surface area (Å²) in [4.78, 5) is 55.6. The first-order valence-corrected chi connectivity index (χ1v) is 15.2. The summed E-state index contributed by atoms with van der Waals surface area (Å²) in [5, 5.41) is 2.85. The quantitative estimate of drug-likeness (QED) is 0.273. The van der Waals surface area contributed by atoms with Crippen LogP contribution in [0.5, 0.6) is 0 Å². The molecule has 2 rings (SSSR count). The van der Waals surface area contributed by atoms with Crippen molar-refractivity contribution in [2.24, 2.45) is 17.6 Å². The van der Waals surface area contributed by atoms with Crippen LogP contribution in [-0.2, 0) is 39.8 Å². The van der Waals surface area contributed by atoms with E-state index in [0.717, 1.165) is 24.0 Å². The van der Waals surface area contributed by atoms with Gasteiger partial charge in [-0.1, -0.05) is 57.0 Å². The number of esters is 1. The maximum absolute atomic E-state index is 13.7. The van der Waals surface area contributed by atoms with Gasteiger partial charge in [0.2, 0.25) is 17.7 Å². The summed E-state index contributed by atoms with van der Waals surface area (Å²) in [6, 6.07) is 6.21. The molecule has 0 aliphatic carbocycles. The molecule has 0 radical (unpaired) electrons. The molecule has 7 atom stereocenters. The van der Waals surface area contributed by atoms with Gasteiger partial charge in [0.25, 0.3) is 0 Å². The molecular weight excluding hydrogens is 552 g/mol. The molecule has 1 aromatic carbocycles. The van der Waals surface area contributed by atoms with Gasteiger partial charge in [-0.2, -0.15) is 0 Å². The minimum Gasteiger partial charge on any atom is -0.467 e. The number of aryl methyl sites for hydroxylation is 1. The summed E-state index contributed by atoms with van der Waals surface area (Å²) < 4.78 is 16.6. The van der Waals surface area contributed by atoms with Crippen molar-refractivity contribution in [3.8, 4) is 0 Å². The zero-order valence-corrected chi connectivity index (χ0v) is 27.1. The van der Waals surface area contributed by atoms with E-state index in [4.69, 9.17) is 19.9 Å². The summed E-state index contributed by atoms with van der Waals surface area (Å²) in [6.45, 7) is 8.19. The Morgan fingerprint density at radius 1 is 1.09 bits per heavy atom. The highest BCUT2D eigenvalue weighted by Gasteiger charge is 2.42. The normalized spacial score (nSPS) is 19.1. The largest absolute Gasteiger partial charge is 0.467 e. The summed E-state index contributed by atoms with van der Waals surface area (Å²) >= 11 is 0. The minimum absolute atomic E-state index is 0.0716. The number of nitrogens with zero attached hydrogens (tertiary/aromatic N) is 2. The summed E-state index contributed by atoms with van der Waals surface area (Å²) in [5.74, 6) is -1.82. The lowest BCUT2D eigenvalue weighted by Crippen LogP contribution is -2.54. The first kappa shape index (κ1) is 36.2. The molecule has 0 spiro atoms. The Bertz CT molecular complexity index is 1070. The number of nitrogens with one attached hydrogen (secondary N) is 1. The SMILES string of the molecule is CCC(C)C(C(CC(=O)N1CCCC1C(OC)C(C)C(=O)NC(Cc1ccc(C)cc1)C(=O)OC)OC)N(C)C(=O)CN. The number of rotatable bonds is 16. The molecule has 242 valence electrons. The highest BCUT2D eigenvalue weighted by molar-refractivity contribution is 5.86. The Hall–Kier alpha value is -3.02. The molecule has 1 aliphatic heterocycles. The van der Waals surface area contributed by atoms with Crippen LogP contribution in [-0.4, -0.2) is 105 Å². The van der Waals surface area contributed by atoms with Crippen LogP contribution in [0.15, 0.2) is 24.3 Å². The third-order valence-electron chi connectivity index (χ3n) is 8.84. The number of methoxy groups -OCH3 is 3. The van der Waals surface area contributed by atoms with Gasteiger partial charge in [-0.25, -0.2) is 4.79 Å². The Kier molecular flexibility index (Phi) is 14.6. The fraction of sp³-hybridized carbons (Fsp3) is 0.688. The van der Waals surface area contributed by atoms with Crippen LogP contribution in [0.25, 0.3) is 0 Å². The van der Waals surface area contributed by atoms with Gasteiger partial charge < -0.3 is 35.1 Å². The molecule has 0 bridgehead atoms. The van der Waals surface area contributed by atoms with E-state index in [2.05, 4.69) is 5.32 Å². The molecule has 0 aromatic heterocycles. The second-order valence-corrected chi connectivity index (χ2v) is 11.6. The average Bonchev–Trinajstić information content (AvgIpc) is 3.50. The van der Waals surface area contributed by atoms with Crippen molar-refractivity contribution in [2.45, 2.75) is 90.1 Å². The van der Waals surface area contributed by atoms with Gasteiger partial charge >= 0.3 is 5.97 Å². The van der Waals surface area contributed by atoms with Crippen molar-refractivity contribution >= 4 is 23.7 Å². The number of hydrogen-bond acceptors (Lipinski definition) is 8. The second kappa shape index (κ2) is 17.3. The number of carbonyl (C=O) groups is 4. The number of likely N-dealkylation sites (N-methyl/N-ethyl adjacent to an activating group) is 1. The summed E-state index contributed by atoms with van der Waals surface area (Å²) in [6.07, 6.45) is 1.45. The first-order chi connectivity index (χ1) is 20.4. The van der Waals surface area contributed by atoms with Gasteiger partial charge in [0.05, 0.1) is 50.3 Å². The van der Waals surface area contributed by atoms with Gasteiger partial charge in [-0.15, -0.1) is 0 Å². The zero-order chi connectivity index (χ0) is 32.3. The van der Waals surface area contributed by atoms with Crippen LogP contribution in [0, 0.1) is 18.8 Å². The summed E-state index contributed by atoms with van der Waals surface area (Å²) in [7, 11) is 6.07. The number of likely N-dealkylation sites (tertiary alicyclic amines) is 1. The van der Waals surface area contributed by atoms with Crippen LogP contribution < -0.4 is 11.1 Å². The third-order valence-corrected chi connectivity index (χ3v) is 8.84. The molecule has 7 unspecified atom stereocenters. The van der Waals surface area contributed by atoms with Gasteiger partial charge in [-0.3, -0.25) is 14.4 Å². The molecule has 1 saturated heterocycles. The number of ether oxygens (including phenoxy) is 3. The van der Waals surface area contributed by atoms with Crippen LogP contribution in [0.1, 0.15) is 57.6 Å². The molecular formula is C32H52N4O7. The number of nitrogens with two attached hydrogens (primary N) is 1. The molecule has 1 aliphatic rings. The van der Waals surface area contributed by atoms with Crippen molar-refractivity contribution in [3.05, 3.63) is 35.4 Å². The van der Waals surface area contributed by atoms with E-state index >= 15 is 0 Å². The van der Waals surface area contributed by atoms with Crippen molar-refractivity contribution in [1.29, 1.82) is 0 Å². The average molecular weight is 605 g/mol. The lowest BCUT2D eigenvalue weighted by molar-refractivity contribution is -0.148. The molecule has 1 aromatic rings. The van der Waals surface area contributed by atoms with E-state index in [1.54, 1.807) is 30.9 Å². The fourth-order valence-corrected chi connectivity index (χ4v) is 6.07. The number of benzene rings is 1. The van der Waals surface area contributed by atoms with E-state index in [-0.39, 0.29) is 55.1 Å². The zero-order valence-electron chi connectivity index (χ0n) is 27.1. The van der Waals surface area contributed by atoms with Crippen LogP contribution in [0.4, 0.5) is 0 Å². The van der Waals surface area contributed by atoms with Gasteiger partial charge in [0.1, 0.15) is 6.04 Å². The Labute approximate surface area is 256 Å². The standard InChI is InChI=1S/C32H52N4O7/c1-9-21(3)29(35(5)28(38)19-33)26(41-6)18-27(37)36-16-10-11-25(36)30(42-7)22(4)31(39)34-24(32(40)43-8)17-23-14-12-20(2)13-15-23/h12-15,21-22,24-26,29-30H,9-11,16-19,33H2,1-8H3,(H,34,39). The van der Waals surface area contributed by atoms with E-state index < -0.39 is 30.1 Å². The topological polar surface area (TPSA) is 141 Å². The van der Waals surface area contributed by atoms with E-state index in [9.17, 15) is 19.2 Å². The maximum Gasteiger partial charge on any atom is 0.328 e. The van der Waals surface area contributed by atoms with Gasteiger partial charge in [0.15, 0.2) is 0 Å². The highest BCUT2D eigenvalue weighted by atomic mass is 16.5. The third kappa shape index (κ3) is 9.48. The smallest absolute Gasteiger partial charge is 0.328 e. The van der Waals surface area contributed by atoms with Crippen molar-refractivity contribution in [2.75, 3.05) is 41.5 Å².